The molecule has 0 spiro atoms. The maximum atomic E-state index is 9.64. The smallest absolute Gasteiger partial charge is 0.668 e. The Morgan fingerprint density at radius 1 is 0.857 bits per heavy atom. The summed E-state index contributed by atoms with van der Waals surface area (Å²) in [6.07, 6.45) is -0.593. The van der Waals surface area contributed by atoms with E-state index in [1.165, 1.54) is 0 Å². The minimum absolute atomic E-state index is 0. The molecule has 0 fully saturated rings. The van der Waals surface area contributed by atoms with Crippen LogP contribution in [0.5, 0.6) is 0 Å². The van der Waals surface area contributed by atoms with E-state index in [2.05, 4.69) is 0 Å². The maximum absolute atomic E-state index is 9.64. The number of rotatable bonds is 4. The Bertz CT molecular complexity index is 181. The topological polar surface area (TPSA) is 136 Å². The van der Waals surface area contributed by atoms with Crippen molar-refractivity contribution in [1.82, 2.24) is 0 Å². The molecule has 0 aromatic heterocycles. The minimum atomic E-state index is -1.08. The first-order valence-corrected chi connectivity index (χ1v) is 3.20. The van der Waals surface area contributed by atoms with Crippen LogP contribution in [0.3, 0.4) is 0 Å². The standard InChI is InChI=1S/C4H6O4.C2H4NO2.Na/c5-3(6)1-2-4(7)8;3-1-2(4)5;/h1-2H2,(H,5,6)(H,7,8);3H,1H2,(H,4,5);/q;-1;+1. The summed E-state index contributed by atoms with van der Waals surface area (Å²) in [5.74, 6) is -3.23. The molecule has 76 valence electrons. The van der Waals surface area contributed by atoms with Gasteiger partial charge in [0.2, 0.25) is 0 Å². The summed E-state index contributed by atoms with van der Waals surface area (Å²) in [5.41, 5.74) is 6.06. The molecular weight excluding hydrogens is 205 g/mol. The number of carbonyl (C=O) groups is 3. The van der Waals surface area contributed by atoms with Gasteiger partial charge >= 0.3 is 41.5 Å². The minimum Gasteiger partial charge on any atom is -0.668 e. The number of nitrogens with one attached hydrogen (secondary N) is 1. The summed E-state index contributed by atoms with van der Waals surface area (Å²) in [6.45, 7) is -0.528. The van der Waals surface area contributed by atoms with E-state index in [-0.39, 0.29) is 42.4 Å². The van der Waals surface area contributed by atoms with Gasteiger partial charge < -0.3 is 21.1 Å². The van der Waals surface area contributed by atoms with Crippen molar-refractivity contribution in [3.63, 3.8) is 0 Å². The monoisotopic (exact) mass is 215 g/mol. The first-order chi connectivity index (χ1) is 5.90. The number of hydrogen-bond donors (Lipinski definition) is 3. The van der Waals surface area contributed by atoms with E-state index < -0.39 is 24.5 Å². The molecule has 0 aliphatic rings. The summed E-state index contributed by atoms with van der Waals surface area (Å²) < 4.78 is 0. The Balaban J connectivity index is -0.000000177. The predicted octanol–water partition coefficient (Wildman–Crippen LogP) is -2.94. The van der Waals surface area contributed by atoms with Crippen molar-refractivity contribution < 1.29 is 59.3 Å². The second-order valence-electron chi connectivity index (χ2n) is 1.86. The van der Waals surface area contributed by atoms with Gasteiger partial charge in [-0.3, -0.25) is 14.4 Å². The molecule has 0 aliphatic carbocycles. The Morgan fingerprint density at radius 3 is 1.14 bits per heavy atom. The van der Waals surface area contributed by atoms with Crippen molar-refractivity contribution in [2.24, 2.45) is 0 Å². The van der Waals surface area contributed by atoms with Gasteiger partial charge in [-0.25, -0.2) is 0 Å². The van der Waals surface area contributed by atoms with Crippen LogP contribution >= 0.6 is 0 Å². The van der Waals surface area contributed by atoms with Gasteiger partial charge in [0, 0.05) is 0 Å². The number of carboxylic acids is 3. The summed E-state index contributed by atoms with van der Waals surface area (Å²) >= 11 is 0. The van der Waals surface area contributed by atoms with Crippen LogP contribution in [0.1, 0.15) is 12.8 Å². The van der Waals surface area contributed by atoms with E-state index in [0.717, 1.165) is 0 Å². The molecule has 4 N–H and O–H groups in total. The van der Waals surface area contributed by atoms with Gasteiger partial charge in [0.1, 0.15) is 0 Å². The third-order valence-corrected chi connectivity index (χ3v) is 0.704. The largest absolute Gasteiger partial charge is 1.00 e. The van der Waals surface area contributed by atoms with E-state index in [4.69, 9.17) is 21.1 Å². The Kier molecular flexibility index (Phi) is 16.8. The van der Waals surface area contributed by atoms with Crippen LogP contribution in [0.25, 0.3) is 5.73 Å². The molecule has 0 saturated heterocycles. The molecule has 0 bridgehead atoms. The molecular formula is C6H10NNaO6. The first kappa shape index (κ1) is 19.0. The average Bonchev–Trinajstić information content (AvgIpc) is 2.02. The quantitative estimate of drug-likeness (QED) is 0.429. The van der Waals surface area contributed by atoms with Crippen molar-refractivity contribution in [3.05, 3.63) is 5.73 Å². The van der Waals surface area contributed by atoms with Crippen molar-refractivity contribution in [3.8, 4) is 0 Å². The molecule has 0 heterocycles. The molecule has 14 heavy (non-hydrogen) atoms. The molecule has 0 saturated carbocycles. The molecule has 0 amide bonds. The van der Waals surface area contributed by atoms with Gasteiger partial charge in [-0.05, 0) is 0 Å². The summed E-state index contributed by atoms with van der Waals surface area (Å²) in [6, 6.07) is 0. The Labute approximate surface area is 102 Å². The van der Waals surface area contributed by atoms with Crippen molar-refractivity contribution in [1.29, 1.82) is 0 Å². The number of hydrogen-bond acceptors (Lipinski definition) is 3. The van der Waals surface area contributed by atoms with Crippen LogP contribution in [-0.4, -0.2) is 39.8 Å². The van der Waals surface area contributed by atoms with Gasteiger partial charge in [-0.1, -0.05) is 6.54 Å². The van der Waals surface area contributed by atoms with Crippen LogP contribution < -0.4 is 29.6 Å². The predicted molar refractivity (Wildman–Crippen MR) is 41.3 cm³/mol. The van der Waals surface area contributed by atoms with Crippen molar-refractivity contribution in [2.45, 2.75) is 12.8 Å². The van der Waals surface area contributed by atoms with Gasteiger partial charge in [0.05, 0.1) is 12.8 Å². The Morgan fingerprint density at radius 2 is 1.07 bits per heavy atom. The average molecular weight is 215 g/mol. The van der Waals surface area contributed by atoms with Crippen LogP contribution in [0, 0.1) is 0 Å². The van der Waals surface area contributed by atoms with Crippen LogP contribution in [0.15, 0.2) is 0 Å². The number of aliphatic carboxylic acids is 3. The third kappa shape index (κ3) is 30.1. The zero-order chi connectivity index (χ0) is 10.9. The van der Waals surface area contributed by atoms with E-state index >= 15 is 0 Å². The van der Waals surface area contributed by atoms with E-state index in [1.54, 1.807) is 0 Å². The third-order valence-electron chi connectivity index (χ3n) is 0.704. The second-order valence-corrected chi connectivity index (χ2v) is 1.86. The normalized spacial score (nSPS) is 7.50. The molecule has 0 rings (SSSR count). The molecule has 0 unspecified atom stereocenters. The zero-order valence-electron chi connectivity index (χ0n) is 7.69. The van der Waals surface area contributed by atoms with Gasteiger partial charge in [-0.15, -0.1) is 0 Å². The fourth-order valence-electron chi connectivity index (χ4n) is 0.214. The fraction of sp³-hybridized carbons (Fsp3) is 0.500. The second kappa shape index (κ2) is 12.4. The zero-order valence-corrected chi connectivity index (χ0v) is 9.69. The molecule has 0 radical (unpaired) electrons. The molecule has 0 atom stereocenters. The van der Waals surface area contributed by atoms with E-state index in [9.17, 15) is 14.4 Å². The van der Waals surface area contributed by atoms with Crippen LogP contribution in [0.2, 0.25) is 0 Å². The number of carboxylic acid groups (broad SMARTS) is 3. The van der Waals surface area contributed by atoms with Crippen LogP contribution in [0.4, 0.5) is 0 Å². The van der Waals surface area contributed by atoms with Crippen molar-refractivity contribution >= 4 is 17.9 Å². The molecule has 8 heteroatoms. The van der Waals surface area contributed by atoms with Gasteiger partial charge in [0.15, 0.2) is 0 Å². The van der Waals surface area contributed by atoms with E-state index in [0.29, 0.717) is 0 Å². The summed E-state index contributed by atoms with van der Waals surface area (Å²) in [4.78, 5) is 28.5. The van der Waals surface area contributed by atoms with Crippen molar-refractivity contribution in [2.75, 3.05) is 6.54 Å². The molecule has 0 aromatic rings. The molecule has 7 nitrogen and oxygen atoms in total. The van der Waals surface area contributed by atoms with Gasteiger partial charge in [0.25, 0.3) is 5.97 Å². The fourth-order valence-corrected chi connectivity index (χ4v) is 0.214. The summed E-state index contributed by atoms with van der Waals surface area (Å²) in [5, 5.41) is 23.3. The molecule has 0 aromatic carbocycles. The van der Waals surface area contributed by atoms with Gasteiger partial charge in [-0.2, -0.15) is 0 Å². The molecule has 0 aliphatic heterocycles. The first-order valence-electron chi connectivity index (χ1n) is 3.20. The van der Waals surface area contributed by atoms with E-state index in [1.807, 2.05) is 0 Å². The maximum Gasteiger partial charge on any atom is 1.00 e. The summed E-state index contributed by atoms with van der Waals surface area (Å²) in [7, 11) is 0. The Hall–Kier alpha value is -0.630. The SMILES string of the molecule is O=C(O)CCC(=O)O.[NH-]CC(=O)O.[Na+]. The van der Waals surface area contributed by atoms with Crippen LogP contribution in [-0.2, 0) is 14.4 Å².